The molecule has 0 aliphatic heterocycles. The molecule has 94 valence electrons. The van der Waals surface area contributed by atoms with Gasteiger partial charge in [0.25, 0.3) is 5.56 Å². The second kappa shape index (κ2) is 4.85. The van der Waals surface area contributed by atoms with E-state index in [2.05, 4.69) is 4.98 Å². The molecule has 0 saturated heterocycles. The molecule has 17 heavy (non-hydrogen) atoms. The van der Waals surface area contributed by atoms with Crippen LogP contribution in [0.5, 0.6) is 0 Å². The van der Waals surface area contributed by atoms with Gasteiger partial charge in [-0.15, -0.1) is 0 Å². The minimum Gasteiger partial charge on any atom is -0.396 e. The van der Waals surface area contributed by atoms with Gasteiger partial charge in [0.1, 0.15) is 0 Å². The van der Waals surface area contributed by atoms with Crippen LogP contribution < -0.4 is 11.2 Å². The zero-order valence-corrected chi connectivity index (χ0v) is 9.37. The van der Waals surface area contributed by atoms with Gasteiger partial charge in [0.15, 0.2) is 0 Å². The Hall–Kier alpha value is -1.40. The molecule has 0 bridgehead atoms. The van der Waals surface area contributed by atoms with E-state index >= 15 is 0 Å². The number of H-pyrrole nitrogens is 1. The first-order valence-corrected chi connectivity index (χ1v) is 5.69. The lowest BCUT2D eigenvalue weighted by Gasteiger charge is -2.12. The number of hydrogen-bond donors (Lipinski definition) is 3. The Morgan fingerprint density at radius 3 is 2.29 bits per heavy atom. The van der Waals surface area contributed by atoms with Crippen molar-refractivity contribution in [1.82, 2.24) is 9.55 Å². The second-order valence-electron chi connectivity index (χ2n) is 4.53. The number of aromatic nitrogens is 2. The predicted molar refractivity (Wildman–Crippen MR) is 60.7 cm³/mol. The second-order valence-corrected chi connectivity index (χ2v) is 4.53. The van der Waals surface area contributed by atoms with E-state index in [0.717, 1.165) is 0 Å². The Bertz CT molecular complexity index is 481. The van der Waals surface area contributed by atoms with Gasteiger partial charge in [0.05, 0.1) is 0 Å². The lowest BCUT2D eigenvalue weighted by atomic mass is 9.98. The smallest absolute Gasteiger partial charge is 0.328 e. The van der Waals surface area contributed by atoms with Crippen molar-refractivity contribution in [2.24, 2.45) is 11.8 Å². The van der Waals surface area contributed by atoms with Gasteiger partial charge in [0.2, 0.25) is 0 Å². The van der Waals surface area contributed by atoms with Gasteiger partial charge in [-0.05, 0) is 24.7 Å². The van der Waals surface area contributed by atoms with E-state index in [1.807, 2.05) is 0 Å². The Balaban J connectivity index is 2.25. The third-order valence-electron chi connectivity index (χ3n) is 3.53. The van der Waals surface area contributed by atoms with E-state index in [0.29, 0.717) is 12.8 Å². The third kappa shape index (κ3) is 2.32. The quantitative estimate of drug-likeness (QED) is 0.637. The zero-order chi connectivity index (χ0) is 12.4. The number of nitrogens with one attached hydrogen (secondary N) is 1. The van der Waals surface area contributed by atoms with Crippen LogP contribution in [0.3, 0.4) is 0 Å². The van der Waals surface area contributed by atoms with Gasteiger partial charge in [-0.2, -0.15) is 0 Å². The van der Waals surface area contributed by atoms with Crippen molar-refractivity contribution in [3.63, 3.8) is 0 Å². The molecule has 2 rings (SSSR count). The molecule has 0 unspecified atom stereocenters. The molecule has 1 aromatic rings. The fourth-order valence-corrected chi connectivity index (χ4v) is 2.57. The van der Waals surface area contributed by atoms with Gasteiger partial charge in [0, 0.05) is 31.5 Å². The number of aliphatic hydroxyl groups is 2. The highest BCUT2D eigenvalue weighted by atomic mass is 16.3. The number of rotatable bonds is 3. The first-order chi connectivity index (χ1) is 8.15. The summed E-state index contributed by atoms with van der Waals surface area (Å²) in [6.07, 6.45) is 2.77. The summed E-state index contributed by atoms with van der Waals surface area (Å²) in [6, 6.07) is 1.25. The van der Waals surface area contributed by atoms with Crippen molar-refractivity contribution >= 4 is 0 Å². The molecular formula is C11H16N2O4. The maximum absolute atomic E-state index is 11.6. The van der Waals surface area contributed by atoms with Crippen molar-refractivity contribution in [2.45, 2.75) is 18.9 Å². The molecule has 1 fully saturated rings. The van der Waals surface area contributed by atoms with Crippen LogP contribution in [-0.4, -0.2) is 33.0 Å². The summed E-state index contributed by atoms with van der Waals surface area (Å²) in [6.45, 7) is 0.0274. The SMILES string of the molecule is O=c1ccn(C2C[C@@H](CO)[C@H](CO)C2)c(=O)[nH]1. The van der Waals surface area contributed by atoms with Crippen molar-refractivity contribution < 1.29 is 10.2 Å². The Morgan fingerprint density at radius 1 is 1.24 bits per heavy atom. The molecule has 0 aromatic carbocycles. The topological polar surface area (TPSA) is 95.3 Å². The Morgan fingerprint density at radius 2 is 1.82 bits per heavy atom. The maximum atomic E-state index is 11.6. The number of nitrogens with zero attached hydrogens (tertiary/aromatic N) is 1. The average Bonchev–Trinajstić information content (AvgIpc) is 2.72. The maximum Gasteiger partial charge on any atom is 0.328 e. The summed E-state index contributed by atoms with van der Waals surface area (Å²) in [5, 5.41) is 18.4. The van der Waals surface area contributed by atoms with Crippen LogP contribution in [-0.2, 0) is 0 Å². The highest BCUT2D eigenvalue weighted by Gasteiger charge is 2.34. The van der Waals surface area contributed by atoms with E-state index in [1.54, 1.807) is 0 Å². The highest BCUT2D eigenvalue weighted by molar-refractivity contribution is 4.91. The van der Waals surface area contributed by atoms with E-state index < -0.39 is 11.2 Å². The summed E-state index contributed by atoms with van der Waals surface area (Å²) in [7, 11) is 0. The zero-order valence-electron chi connectivity index (χ0n) is 9.37. The van der Waals surface area contributed by atoms with E-state index in [1.165, 1.54) is 16.8 Å². The lowest BCUT2D eigenvalue weighted by molar-refractivity contribution is 0.141. The molecule has 1 aliphatic carbocycles. The van der Waals surface area contributed by atoms with Crippen LogP contribution in [0.4, 0.5) is 0 Å². The molecule has 2 atom stereocenters. The Kier molecular flexibility index (Phi) is 3.44. The number of hydrogen-bond acceptors (Lipinski definition) is 4. The van der Waals surface area contributed by atoms with Crippen LogP contribution in [0, 0.1) is 11.8 Å². The number of aromatic amines is 1. The van der Waals surface area contributed by atoms with Crippen molar-refractivity contribution in [2.75, 3.05) is 13.2 Å². The van der Waals surface area contributed by atoms with Gasteiger partial charge in [-0.25, -0.2) is 4.79 Å². The molecule has 1 saturated carbocycles. The van der Waals surface area contributed by atoms with Crippen LogP contribution >= 0.6 is 0 Å². The Labute approximate surface area is 97.5 Å². The summed E-state index contributed by atoms with van der Waals surface area (Å²) < 4.78 is 1.47. The van der Waals surface area contributed by atoms with Gasteiger partial charge in [-0.1, -0.05) is 0 Å². The molecule has 0 spiro atoms. The van der Waals surface area contributed by atoms with Gasteiger partial charge >= 0.3 is 5.69 Å². The molecule has 0 radical (unpaired) electrons. The summed E-state index contributed by atoms with van der Waals surface area (Å²) >= 11 is 0. The first-order valence-electron chi connectivity index (χ1n) is 5.69. The summed E-state index contributed by atoms with van der Waals surface area (Å²) in [5.74, 6) is 0.0349. The lowest BCUT2D eigenvalue weighted by Crippen LogP contribution is -2.30. The van der Waals surface area contributed by atoms with Gasteiger partial charge in [-0.3, -0.25) is 14.3 Å². The molecule has 3 N–H and O–H groups in total. The third-order valence-corrected chi connectivity index (χ3v) is 3.53. The van der Waals surface area contributed by atoms with E-state index in [9.17, 15) is 19.8 Å². The fraction of sp³-hybridized carbons (Fsp3) is 0.636. The predicted octanol–water partition coefficient (Wildman–Crippen LogP) is -0.912. The van der Waals surface area contributed by atoms with Crippen LogP contribution in [0.15, 0.2) is 21.9 Å². The van der Waals surface area contributed by atoms with E-state index in [-0.39, 0.29) is 31.1 Å². The largest absolute Gasteiger partial charge is 0.396 e. The molecule has 0 amide bonds. The first kappa shape index (κ1) is 12.1. The van der Waals surface area contributed by atoms with Crippen LogP contribution in [0.1, 0.15) is 18.9 Å². The molecule has 6 heteroatoms. The highest BCUT2D eigenvalue weighted by Crippen LogP contribution is 2.38. The minimum atomic E-state index is -0.433. The van der Waals surface area contributed by atoms with E-state index in [4.69, 9.17) is 0 Å². The molecule has 1 heterocycles. The monoisotopic (exact) mass is 240 g/mol. The fourth-order valence-electron chi connectivity index (χ4n) is 2.57. The minimum absolute atomic E-state index is 0.0137. The van der Waals surface area contributed by atoms with Crippen molar-refractivity contribution in [3.05, 3.63) is 33.1 Å². The average molecular weight is 240 g/mol. The van der Waals surface area contributed by atoms with Gasteiger partial charge < -0.3 is 10.2 Å². The normalized spacial score (nSPS) is 25.3. The number of aliphatic hydroxyl groups excluding tert-OH is 2. The molecule has 6 nitrogen and oxygen atoms in total. The molecule has 1 aliphatic rings. The van der Waals surface area contributed by atoms with Crippen molar-refractivity contribution in [3.8, 4) is 0 Å². The summed E-state index contributed by atoms with van der Waals surface area (Å²) in [5.41, 5.74) is -0.848. The standard InChI is InChI=1S/C11H16N2O4/c14-5-7-3-9(4-8(7)6-15)13-2-1-10(16)12-11(13)17/h1-2,7-9,14-15H,3-6H2,(H,12,16,17)/t7-,8-/m0/s1. The van der Waals surface area contributed by atoms with Crippen LogP contribution in [0.2, 0.25) is 0 Å². The summed E-state index contributed by atoms with van der Waals surface area (Å²) in [4.78, 5) is 24.8. The van der Waals surface area contributed by atoms with Crippen LogP contribution in [0.25, 0.3) is 0 Å². The molecular weight excluding hydrogens is 224 g/mol. The van der Waals surface area contributed by atoms with Crippen molar-refractivity contribution in [1.29, 1.82) is 0 Å². The molecule has 1 aromatic heterocycles.